The molecule has 12 nitrogen and oxygen atoms in total. The molecule has 3 amide bonds. The van der Waals surface area contributed by atoms with Gasteiger partial charge in [-0.25, -0.2) is 4.79 Å². The zero-order chi connectivity index (χ0) is 23.7. The fourth-order valence-corrected chi connectivity index (χ4v) is 3.26. The van der Waals surface area contributed by atoms with E-state index in [1.807, 2.05) is 6.92 Å². The minimum atomic E-state index is -1.41. The highest BCUT2D eigenvalue weighted by molar-refractivity contribution is 5.94. The summed E-state index contributed by atoms with van der Waals surface area (Å²) in [5.41, 5.74) is 5.86. The Hall–Kier alpha value is -2.73. The first-order valence-electron chi connectivity index (χ1n) is 10.3. The van der Waals surface area contributed by atoms with E-state index >= 15 is 0 Å². The Morgan fingerprint density at radius 1 is 1.13 bits per heavy atom. The van der Waals surface area contributed by atoms with Crippen LogP contribution in [0.5, 0.6) is 0 Å². The molecule has 0 aromatic carbocycles. The molecule has 0 spiro atoms. The highest BCUT2D eigenvalue weighted by atomic mass is 16.4. The van der Waals surface area contributed by atoms with E-state index in [-0.39, 0.29) is 25.3 Å². The number of nitrogens with zero attached hydrogens (tertiary/aromatic N) is 1. The summed E-state index contributed by atoms with van der Waals surface area (Å²) in [6.07, 6.45) is 0.628. The van der Waals surface area contributed by atoms with Crippen molar-refractivity contribution in [3.8, 4) is 0 Å². The zero-order valence-corrected chi connectivity index (χ0v) is 17.7. The topological polar surface area (TPSA) is 199 Å². The van der Waals surface area contributed by atoms with Crippen LogP contribution in [0.25, 0.3) is 0 Å². The fourth-order valence-electron chi connectivity index (χ4n) is 3.26. The molecule has 0 aromatic heterocycles. The Bertz CT molecular complexity index is 686. The number of rotatable bonds is 12. The molecule has 1 heterocycles. The number of amides is 3. The molecule has 12 heteroatoms. The molecule has 0 aliphatic carbocycles. The molecule has 1 fully saturated rings. The van der Waals surface area contributed by atoms with Gasteiger partial charge in [-0.05, 0) is 25.2 Å². The highest BCUT2D eigenvalue weighted by Crippen LogP contribution is 2.19. The number of hydrogen-bond acceptors (Lipinski definition) is 7. The standard InChI is InChI=1S/C19H32N4O8/c1-3-10(2)15(20)17(28)22-12(9-24)18(29)23-8-4-5-13(23)16(27)21-11(19(30)31)6-7-14(25)26/h10-13,15,24H,3-9,20H2,1-2H3,(H,21,27)(H,22,28)(H,25,26)(H,30,31). The third-order valence-electron chi connectivity index (χ3n) is 5.46. The molecule has 0 bridgehead atoms. The molecular formula is C19H32N4O8. The summed E-state index contributed by atoms with van der Waals surface area (Å²) >= 11 is 0. The maximum atomic E-state index is 12.9. The lowest BCUT2D eigenvalue weighted by molar-refractivity contribution is -0.145. The van der Waals surface area contributed by atoms with E-state index in [4.69, 9.17) is 10.8 Å². The Kier molecular flexibility index (Phi) is 10.4. The minimum Gasteiger partial charge on any atom is -0.481 e. The third-order valence-corrected chi connectivity index (χ3v) is 5.46. The number of nitrogens with two attached hydrogens (primary N) is 1. The number of carboxylic acids is 2. The van der Waals surface area contributed by atoms with Crippen LogP contribution < -0.4 is 16.4 Å². The monoisotopic (exact) mass is 444 g/mol. The SMILES string of the molecule is CCC(C)C(N)C(=O)NC(CO)C(=O)N1CCCC1C(=O)NC(CCC(=O)O)C(=O)O. The van der Waals surface area contributed by atoms with Crippen molar-refractivity contribution in [2.24, 2.45) is 11.7 Å². The first-order valence-corrected chi connectivity index (χ1v) is 10.3. The minimum absolute atomic E-state index is 0.140. The Morgan fingerprint density at radius 3 is 2.29 bits per heavy atom. The molecule has 31 heavy (non-hydrogen) atoms. The molecule has 1 aliphatic heterocycles. The largest absolute Gasteiger partial charge is 0.481 e. The Labute approximate surface area is 180 Å². The number of likely N-dealkylation sites (tertiary alicyclic amines) is 1. The normalized spacial score (nSPS) is 19.7. The van der Waals surface area contributed by atoms with Crippen molar-refractivity contribution in [2.45, 2.75) is 70.1 Å². The molecule has 0 saturated carbocycles. The van der Waals surface area contributed by atoms with Gasteiger partial charge >= 0.3 is 11.9 Å². The number of carboxylic acid groups (broad SMARTS) is 2. The summed E-state index contributed by atoms with van der Waals surface area (Å²) in [4.78, 5) is 60.9. The Morgan fingerprint density at radius 2 is 1.77 bits per heavy atom. The summed E-state index contributed by atoms with van der Waals surface area (Å²) in [7, 11) is 0. The summed E-state index contributed by atoms with van der Waals surface area (Å²) in [5.74, 6) is -4.73. The van der Waals surface area contributed by atoms with E-state index < -0.39 is 66.9 Å². The van der Waals surface area contributed by atoms with Gasteiger partial charge in [0.2, 0.25) is 17.7 Å². The average Bonchev–Trinajstić information content (AvgIpc) is 3.22. The van der Waals surface area contributed by atoms with Crippen molar-refractivity contribution in [1.82, 2.24) is 15.5 Å². The van der Waals surface area contributed by atoms with E-state index in [0.29, 0.717) is 12.8 Å². The quantitative estimate of drug-likeness (QED) is 0.202. The predicted molar refractivity (Wildman–Crippen MR) is 108 cm³/mol. The summed E-state index contributed by atoms with van der Waals surface area (Å²) < 4.78 is 0. The number of nitrogens with one attached hydrogen (secondary N) is 2. The Balaban J connectivity index is 2.84. The first kappa shape index (κ1) is 26.3. The van der Waals surface area contributed by atoms with Gasteiger partial charge in [0.05, 0.1) is 12.6 Å². The molecule has 0 aromatic rings. The van der Waals surface area contributed by atoms with Gasteiger partial charge in [-0.3, -0.25) is 19.2 Å². The van der Waals surface area contributed by atoms with Crippen LogP contribution >= 0.6 is 0 Å². The number of aliphatic carboxylic acids is 2. The third kappa shape index (κ3) is 7.47. The highest BCUT2D eigenvalue weighted by Gasteiger charge is 2.39. The predicted octanol–water partition coefficient (Wildman–Crippen LogP) is -1.74. The molecule has 1 aliphatic rings. The number of hydrogen-bond donors (Lipinski definition) is 6. The van der Waals surface area contributed by atoms with Crippen molar-refractivity contribution in [3.63, 3.8) is 0 Å². The van der Waals surface area contributed by atoms with Crippen molar-refractivity contribution < 1.29 is 39.3 Å². The molecule has 7 N–H and O–H groups in total. The van der Waals surface area contributed by atoms with Gasteiger partial charge in [0.25, 0.3) is 0 Å². The van der Waals surface area contributed by atoms with Crippen LogP contribution in [0.4, 0.5) is 0 Å². The maximum Gasteiger partial charge on any atom is 0.326 e. The summed E-state index contributed by atoms with van der Waals surface area (Å²) in [6.45, 7) is 3.14. The molecule has 1 saturated heterocycles. The van der Waals surface area contributed by atoms with E-state index in [9.17, 15) is 34.2 Å². The van der Waals surface area contributed by atoms with Crippen molar-refractivity contribution in [2.75, 3.05) is 13.2 Å². The maximum absolute atomic E-state index is 12.9. The van der Waals surface area contributed by atoms with Crippen LogP contribution in [-0.2, 0) is 24.0 Å². The molecular weight excluding hydrogens is 412 g/mol. The molecule has 5 atom stereocenters. The van der Waals surface area contributed by atoms with Crippen LogP contribution in [0.15, 0.2) is 0 Å². The van der Waals surface area contributed by atoms with Crippen LogP contribution in [0, 0.1) is 5.92 Å². The van der Waals surface area contributed by atoms with Gasteiger partial charge in [-0.1, -0.05) is 20.3 Å². The van der Waals surface area contributed by atoms with Crippen molar-refractivity contribution >= 4 is 29.7 Å². The van der Waals surface area contributed by atoms with Crippen LogP contribution in [0.2, 0.25) is 0 Å². The van der Waals surface area contributed by atoms with Gasteiger partial charge < -0.3 is 36.6 Å². The molecule has 5 unspecified atom stereocenters. The van der Waals surface area contributed by atoms with Gasteiger partial charge in [0.15, 0.2) is 0 Å². The number of carbonyl (C=O) groups is 5. The van der Waals surface area contributed by atoms with Gasteiger partial charge in [0, 0.05) is 13.0 Å². The second-order valence-electron chi connectivity index (χ2n) is 7.68. The van der Waals surface area contributed by atoms with Crippen molar-refractivity contribution in [3.05, 3.63) is 0 Å². The van der Waals surface area contributed by atoms with E-state index in [0.717, 1.165) is 0 Å². The van der Waals surface area contributed by atoms with Gasteiger partial charge in [0.1, 0.15) is 18.1 Å². The molecule has 1 rings (SSSR count). The van der Waals surface area contributed by atoms with Crippen LogP contribution in [0.1, 0.15) is 46.0 Å². The fraction of sp³-hybridized carbons (Fsp3) is 0.737. The lowest BCUT2D eigenvalue weighted by Gasteiger charge is -2.29. The second-order valence-corrected chi connectivity index (χ2v) is 7.68. The van der Waals surface area contributed by atoms with Crippen molar-refractivity contribution in [1.29, 1.82) is 0 Å². The lowest BCUT2D eigenvalue weighted by atomic mass is 9.99. The van der Waals surface area contributed by atoms with Gasteiger partial charge in [-0.2, -0.15) is 0 Å². The van der Waals surface area contributed by atoms with E-state index in [2.05, 4.69) is 10.6 Å². The average molecular weight is 444 g/mol. The second kappa shape index (κ2) is 12.2. The number of carbonyl (C=O) groups excluding carboxylic acids is 3. The van der Waals surface area contributed by atoms with E-state index in [1.54, 1.807) is 6.92 Å². The summed E-state index contributed by atoms with van der Waals surface area (Å²) in [5, 5.41) is 32.2. The number of aliphatic hydroxyl groups excluding tert-OH is 1. The smallest absolute Gasteiger partial charge is 0.326 e. The molecule has 176 valence electrons. The number of aliphatic hydroxyl groups is 1. The zero-order valence-electron chi connectivity index (χ0n) is 17.7. The van der Waals surface area contributed by atoms with E-state index in [1.165, 1.54) is 4.90 Å². The van der Waals surface area contributed by atoms with Crippen LogP contribution in [0.3, 0.4) is 0 Å². The van der Waals surface area contributed by atoms with Crippen LogP contribution in [-0.4, -0.2) is 87.2 Å². The lowest BCUT2D eigenvalue weighted by Crippen LogP contribution is -2.58. The first-order chi connectivity index (χ1) is 14.5. The molecule has 0 radical (unpaired) electrons. The summed E-state index contributed by atoms with van der Waals surface area (Å²) in [6, 6.07) is -4.57. The van der Waals surface area contributed by atoms with Gasteiger partial charge in [-0.15, -0.1) is 0 Å².